The predicted molar refractivity (Wildman–Crippen MR) is 71.0 cm³/mol. The van der Waals surface area contributed by atoms with Crippen LogP contribution in [0.5, 0.6) is 0 Å². The summed E-state index contributed by atoms with van der Waals surface area (Å²) in [6.45, 7) is 8.90. The van der Waals surface area contributed by atoms with Gasteiger partial charge in [-0.25, -0.2) is 4.79 Å². The van der Waals surface area contributed by atoms with Crippen LogP contribution in [0.2, 0.25) is 0 Å². The lowest BCUT2D eigenvalue weighted by Gasteiger charge is -2.36. The summed E-state index contributed by atoms with van der Waals surface area (Å²) >= 11 is 0. The molecule has 0 heterocycles. The van der Waals surface area contributed by atoms with Gasteiger partial charge < -0.3 is 15.3 Å². The third kappa shape index (κ3) is 5.91. The van der Waals surface area contributed by atoms with Crippen LogP contribution in [0.3, 0.4) is 0 Å². The lowest BCUT2D eigenvalue weighted by atomic mass is 9.86. The molecule has 0 spiro atoms. The van der Waals surface area contributed by atoms with Crippen molar-refractivity contribution >= 4 is 6.03 Å². The number of carbonyl (C=O) groups excluding carboxylic acids is 1. The Morgan fingerprint density at radius 2 is 1.94 bits per heavy atom. The molecule has 17 heavy (non-hydrogen) atoms. The summed E-state index contributed by atoms with van der Waals surface area (Å²) < 4.78 is 0. The average molecular weight is 244 g/mol. The van der Waals surface area contributed by atoms with Gasteiger partial charge in [0.1, 0.15) is 0 Å². The lowest BCUT2D eigenvalue weighted by Crippen LogP contribution is -2.51. The Balaban J connectivity index is 4.18. The zero-order chi connectivity index (χ0) is 13.5. The highest BCUT2D eigenvalue weighted by Crippen LogP contribution is 2.23. The van der Waals surface area contributed by atoms with E-state index in [9.17, 15) is 9.90 Å². The van der Waals surface area contributed by atoms with E-state index in [-0.39, 0.29) is 24.1 Å². The molecule has 0 radical (unpaired) electrons. The first-order chi connectivity index (χ1) is 7.84. The van der Waals surface area contributed by atoms with Gasteiger partial charge in [0.2, 0.25) is 0 Å². The van der Waals surface area contributed by atoms with E-state index in [4.69, 9.17) is 0 Å². The monoisotopic (exact) mass is 244 g/mol. The molecular formula is C13H28N2O2. The Hall–Kier alpha value is -0.770. The van der Waals surface area contributed by atoms with Crippen molar-refractivity contribution < 1.29 is 9.90 Å². The number of nitrogens with one attached hydrogen (secondary N) is 1. The standard InChI is InChI=1S/C13H28N2O2/c1-6-7-8-9-14-12(17)15(5)11(10-16)13(2,3)4/h11,16H,6-10H2,1-5H3,(H,14,17). The topological polar surface area (TPSA) is 52.6 Å². The summed E-state index contributed by atoms with van der Waals surface area (Å²) in [7, 11) is 1.74. The van der Waals surface area contributed by atoms with Crippen molar-refractivity contribution in [1.82, 2.24) is 10.2 Å². The van der Waals surface area contributed by atoms with Crippen LogP contribution in [0.4, 0.5) is 4.79 Å². The Bertz CT molecular complexity index is 224. The van der Waals surface area contributed by atoms with Crippen LogP contribution in [-0.2, 0) is 0 Å². The third-order valence-corrected chi connectivity index (χ3v) is 3.02. The van der Waals surface area contributed by atoms with Gasteiger partial charge in [-0.15, -0.1) is 0 Å². The zero-order valence-corrected chi connectivity index (χ0v) is 11.9. The first kappa shape index (κ1) is 16.2. The van der Waals surface area contributed by atoms with Gasteiger partial charge in [0.05, 0.1) is 12.6 Å². The number of likely N-dealkylation sites (N-methyl/N-ethyl adjacent to an activating group) is 1. The molecule has 0 aromatic rings. The first-order valence-electron chi connectivity index (χ1n) is 6.46. The van der Waals surface area contributed by atoms with Gasteiger partial charge in [0, 0.05) is 13.6 Å². The van der Waals surface area contributed by atoms with Gasteiger partial charge in [-0.1, -0.05) is 40.5 Å². The fraction of sp³-hybridized carbons (Fsp3) is 0.923. The molecule has 1 atom stereocenters. The fourth-order valence-corrected chi connectivity index (χ4v) is 1.81. The largest absolute Gasteiger partial charge is 0.394 e. The molecule has 0 saturated heterocycles. The van der Waals surface area contributed by atoms with Crippen molar-refractivity contribution in [3.8, 4) is 0 Å². The van der Waals surface area contributed by atoms with Crippen molar-refractivity contribution in [1.29, 1.82) is 0 Å². The minimum Gasteiger partial charge on any atom is -0.394 e. The van der Waals surface area contributed by atoms with Crippen LogP contribution in [-0.4, -0.2) is 42.3 Å². The molecule has 0 aliphatic carbocycles. The van der Waals surface area contributed by atoms with E-state index in [1.807, 2.05) is 20.8 Å². The maximum atomic E-state index is 11.9. The number of amides is 2. The van der Waals surface area contributed by atoms with E-state index >= 15 is 0 Å². The fourth-order valence-electron chi connectivity index (χ4n) is 1.81. The summed E-state index contributed by atoms with van der Waals surface area (Å²) in [4.78, 5) is 13.5. The minimum atomic E-state index is -0.159. The number of carbonyl (C=O) groups is 1. The van der Waals surface area contributed by atoms with E-state index in [0.29, 0.717) is 6.54 Å². The van der Waals surface area contributed by atoms with Crippen LogP contribution >= 0.6 is 0 Å². The predicted octanol–water partition coefficient (Wildman–Crippen LogP) is 2.22. The highest BCUT2D eigenvalue weighted by molar-refractivity contribution is 5.74. The number of hydrogen-bond donors (Lipinski definition) is 2. The van der Waals surface area contributed by atoms with E-state index in [0.717, 1.165) is 19.3 Å². The van der Waals surface area contributed by atoms with Crippen molar-refractivity contribution in [3.05, 3.63) is 0 Å². The van der Waals surface area contributed by atoms with E-state index in [2.05, 4.69) is 12.2 Å². The lowest BCUT2D eigenvalue weighted by molar-refractivity contribution is 0.0834. The normalized spacial score (nSPS) is 13.3. The summed E-state index contributed by atoms with van der Waals surface area (Å²) in [6, 6.07) is -0.260. The van der Waals surface area contributed by atoms with Gasteiger partial charge in [-0.2, -0.15) is 0 Å². The number of hydrogen-bond acceptors (Lipinski definition) is 2. The Morgan fingerprint density at radius 1 is 1.35 bits per heavy atom. The van der Waals surface area contributed by atoms with Gasteiger partial charge in [0.15, 0.2) is 0 Å². The van der Waals surface area contributed by atoms with Crippen LogP contribution < -0.4 is 5.32 Å². The molecule has 0 aromatic heterocycles. The first-order valence-corrected chi connectivity index (χ1v) is 6.46. The second kappa shape index (κ2) is 7.54. The highest BCUT2D eigenvalue weighted by Gasteiger charge is 2.30. The second-order valence-corrected chi connectivity index (χ2v) is 5.61. The van der Waals surface area contributed by atoms with Crippen LogP contribution in [0.1, 0.15) is 47.0 Å². The number of unbranched alkanes of at least 4 members (excludes halogenated alkanes) is 2. The average Bonchev–Trinajstić information content (AvgIpc) is 2.22. The van der Waals surface area contributed by atoms with E-state index in [1.54, 1.807) is 11.9 Å². The molecule has 0 aliphatic heterocycles. The summed E-state index contributed by atoms with van der Waals surface area (Å²) in [5.41, 5.74) is -0.121. The maximum absolute atomic E-state index is 11.9. The number of nitrogens with zero attached hydrogens (tertiary/aromatic N) is 1. The second-order valence-electron chi connectivity index (χ2n) is 5.61. The molecular weight excluding hydrogens is 216 g/mol. The van der Waals surface area contributed by atoms with Gasteiger partial charge in [0.25, 0.3) is 0 Å². The molecule has 0 aliphatic rings. The Morgan fingerprint density at radius 3 is 2.35 bits per heavy atom. The molecule has 0 rings (SSSR count). The molecule has 4 heteroatoms. The minimum absolute atomic E-state index is 0.0115. The molecule has 2 amide bonds. The smallest absolute Gasteiger partial charge is 0.317 e. The molecule has 4 nitrogen and oxygen atoms in total. The van der Waals surface area contributed by atoms with Crippen LogP contribution in [0.15, 0.2) is 0 Å². The quantitative estimate of drug-likeness (QED) is 0.704. The maximum Gasteiger partial charge on any atom is 0.317 e. The number of aliphatic hydroxyl groups is 1. The molecule has 2 N–H and O–H groups in total. The van der Waals surface area contributed by atoms with Crippen LogP contribution in [0, 0.1) is 5.41 Å². The number of rotatable bonds is 6. The van der Waals surface area contributed by atoms with Crippen molar-refractivity contribution in [2.75, 3.05) is 20.2 Å². The summed E-state index contributed by atoms with van der Waals surface area (Å²) in [6.07, 6.45) is 3.29. The molecule has 0 bridgehead atoms. The Labute approximate surface area is 105 Å². The molecule has 102 valence electrons. The molecule has 0 saturated carbocycles. The number of urea groups is 1. The van der Waals surface area contributed by atoms with E-state index in [1.165, 1.54) is 0 Å². The molecule has 0 aromatic carbocycles. The van der Waals surface area contributed by atoms with E-state index < -0.39 is 0 Å². The Kier molecular flexibility index (Phi) is 7.19. The van der Waals surface area contributed by atoms with Crippen molar-refractivity contribution in [3.63, 3.8) is 0 Å². The summed E-state index contributed by atoms with van der Waals surface area (Å²) in [5, 5.41) is 12.2. The van der Waals surface area contributed by atoms with Gasteiger partial charge in [-0.05, 0) is 11.8 Å². The third-order valence-electron chi connectivity index (χ3n) is 3.02. The number of aliphatic hydroxyl groups excluding tert-OH is 1. The summed E-state index contributed by atoms with van der Waals surface area (Å²) in [5.74, 6) is 0. The van der Waals surface area contributed by atoms with Crippen molar-refractivity contribution in [2.24, 2.45) is 5.41 Å². The SMILES string of the molecule is CCCCCNC(=O)N(C)C(CO)C(C)(C)C. The van der Waals surface area contributed by atoms with Gasteiger partial charge in [-0.3, -0.25) is 0 Å². The van der Waals surface area contributed by atoms with Gasteiger partial charge >= 0.3 is 6.03 Å². The van der Waals surface area contributed by atoms with Crippen molar-refractivity contribution in [2.45, 2.75) is 53.0 Å². The molecule has 1 unspecified atom stereocenters. The zero-order valence-electron chi connectivity index (χ0n) is 11.9. The highest BCUT2D eigenvalue weighted by atomic mass is 16.3. The van der Waals surface area contributed by atoms with Crippen LogP contribution in [0.25, 0.3) is 0 Å². The molecule has 0 fully saturated rings.